The second-order valence-corrected chi connectivity index (χ2v) is 6.85. The van der Waals surface area contributed by atoms with Gasteiger partial charge in [0.1, 0.15) is 5.69 Å². The molecule has 0 spiro atoms. The number of hydrogen-bond donors (Lipinski definition) is 1. The van der Waals surface area contributed by atoms with Crippen LogP contribution in [0, 0.1) is 11.3 Å². The summed E-state index contributed by atoms with van der Waals surface area (Å²) in [5.74, 6) is -0.268. The van der Waals surface area contributed by atoms with Crippen LogP contribution >= 0.6 is 0 Å². The lowest BCUT2D eigenvalue weighted by molar-refractivity contribution is 0.102. The number of carbonyl (C=O) groups is 1. The van der Waals surface area contributed by atoms with Gasteiger partial charge in [0.2, 0.25) is 0 Å². The number of nitriles is 1. The smallest absolute Gasteiger partial charge is 0.274 e. The van der Waals surface area contributed by atoms with Crippen LogP contribution in [0.1, 0.15) is 16.1 Å². The molecule has 2 heterocycles. The van der Waals surface area contributed by atoms with E-state index >= 15 is 0 Å². The van der Waals surface area contributed by atoms with Crippen molar-refractivity contribution in [2.45, 2.75) is 0 Å². The van der Waals surface area contributed by atoms with Gasteiger partial charge in [-0.3, -0.25) is 4.79 Å². The lowest BCUT2D eigenvalue weighted by atomic mass is 10.2. The third-order valence-electron chi connectivity index (χ3n) is 5.02. The number of carbonyl (C=O) groups excluding carboxylic acids is 1. The number of nitrogens with one attached hydrogen (secondary N) is 1. The van der Waals surface area contributed by atoms with Gasteiger partial charge >= 0.3 is 0 Å². The SMILES string of the molecule is N#Cc1ccc(NC(=O)c2ccc(N3CCN(c4ccccc4)CC3)cn2)cc1. The highest BCUT2D eigenvalue weighted by Gasteiger charge is 2.18. The molecule has 4 rings (SSSR count). The van der Waals surface area contributed by atoms with E-state index in [9.17, 15) is 4.79 Å². The molecular weight excluding hydrogens is 362 g/mol. The molecular formula is C23H21N5O. The van der Waals surface area contributed by atoms with E-state index in [1.165, 1.54) is 5.69 Å². The maximum atomic E-state index is 12.4. The van der Waals surface area contributed by atoms with Crippen LogP contribution in [0.4, 0.5) is 17.1 Å². The lowest BCUT2D eigenvalue weighted by Crippen LogP contribution is -2.46. The van der Waals surface area contributed by atoms with E-state index in [1.54, 1.807) is 36.5 Å². The third kappa shape index (κ3) is 4.36. The van der Waals surface area contributed by atoms with Crippen molar-refractivity contribution >= 4 is 23.0 Å². The Morgan fingerprint density at radius 1 is 0.862 bits per heavy atom. The summed E-state index contributed by atoms with van der Waals surface area (Å²) in [6.07, 6.45) is 1.76. The molecule has 0 bridgehead atoms. The van der Waals surface area contributed by atoms with Crippen LogP contribution in [0.2, 0.25) is 0 Å². The number of rotatable bonds is 4. The highest BCUT2D eigenvalue weighted by Crippen LogP contribution is 2.20. The van der Waals surface area contributed by atoms with Crippen molar-refractivity contribution in [3.8, 4) is 6.07 Å². The predicted octanol–water partition coefficient (Wildman–Crippen LogP) is 3.53. The lowest BCUT2D eigenvalue weighted by Gasteiger charge is -2.37. The Morgan fingerprint density at radius 3 is 2.10 bits per heavy atom. The standard InChI is InChI=1S/C23H21N5O/c24-16-18-6-8-19(9-7-18)26-23(29)22-11-10-21(17-25-22)28-14-12-27(13-15-28)20-4-2-1-3-5-20/h1-11,17H,12-15H2,(H,26,29). The zero-order chi connectivity index (χ0) is 20.1. The summed E-state index contributed by atoms with van der Waals surface area (Å²) >= 11 is 0. The second kappa shape index (κ2) is 8.44. The molecule has 29 heavy (non-hydrogen) atoms. The zero-order valence-electron chi connectivity index (χ0n) is 16.0. The maximum absolute atomic E-state index is 12.4. The van der Waals surface area contributed by atoms with Gasteiger partial charge in [-0.1, -0.05) is 18.2 Å². The van der Waals surface area contributed by atoms with Gasteiger partial charge in [0, 0.05) is 37.6 Å². The monoisotopic (exact) mass is 383 g/mol. The Kier molecular flexibility index (Phi) is 5.39. The Labute approximate surface area is 170 Å². The molecule has 1 fully saturated rings. The molecule has 0 saturated carbocycles. The van der Waals surface area contributed by atoms with Crippen LogP contribution in [0.5, 0.6) is 0 Å². The van der Waals surface area contributed by atoms with Gasteiger partial charge in [-0.25, -0.2) is 4.98 Å². The van der Waals surface area contributed by atoms with E-state index in [2.05, 4.69) is 50.4 Å². The average molecular weight is 383 g/mol. The van der Waals surface area contributed by atoms with E-state index in [0.29, 0.717) is 16.9 Å². The van der Waals surface area contributed by atoms with Crippen molar-refractivity contribution in [1.82, 2.24) is 4.98 Å². The van der Waals surface area contributed by atoms with Crippen molar-refractivity contribution in [2.75, 3.05) is 41.3 Å². The van der Waals surface area contributed by atoms with Gasteiger partial charge < -0.3 is 15.1 Å². The number of amides is 1. The zero-order valence-corrected chi connectivity index (χ0v) is 16.0. The largest absolute Gasteiger partial charge is 0.368 e. The molecule has 6 heteroatoms. The van der Waals surface area contributed by atoms with Crippen LogP contribution in [0.3, 0.4) is 0 Å². The third-order valence-corrected chi connectivity index (χ3v) is 5.02. The highest BCUT2D eigenvalue weighted by atomic mass is 16.1. The van der Waals surface area contributed by atoms with E-state index in [0.717, 1.165) is 31.9 Å². The first-order chi connectivity index (χ1) is 14.2. The van der Waals surface area contributed by atoms with Crippen molar-refractivity contribution < 1.29 is 4.79 Å². The summed E-state index contributed by atoms with van der Waals surface area (Å²) in [4.78, 5) is 21.4. The Balaban J connectivity index is 1.35. The summed E-state index contributed by atoms with van der Waals surface area (Å²) < 4.78 is 0. The molecule has 1 aromatic heterocycles. The van der Waals surface area contributed by atoms with Gasteiger partial charge in [-0.05, 0) is 48.5 Å². The molecule has 144 valence electrons. The first-order valence-electron chi connectivity index (χ1n) is 9.55. The van der Waals surface area contributed by atoms with Crippen molar-refractivity contribution in [3.63, 3.8) is 0 Å². The quantitative estimate of drug-likeness (QED) is 0.746. The Hall–Kier alpha value is -3.85. The van der Waals surface area contributed by atoms with Crippen molar-refractivity contribution in [2.24, 2.45) is 0 Å². The molecule has 2 aromatic carbocycles. The van der Waals surface area contributed by atoms with Crippen LogP contribution in [-0.2, 0) is 0 Å². The Morgan fingerprint density at radius 2 is 1.52 bits per heavy atom. The molecule has 0 radical (unpaired) electrons. The minimum atomic E-state index is -0.268. The van der Waals surface area contributed by atoms with Gasteiger partial charge in [0.25, 0.3) is 5.91 Å². The number of nitrogens with zero attached hydrogens (tertiary/aromatic N) is 4. The van der Waals surface area contributed by atoms with Crippen LogP contribution in [0.15, 0.2) is 72.9 Å². The van der Waals surface area contributed by atoms with Crippen LogP contribution in [-0.4, -0.2) is 37.1 Å². The first kappa shape index (κ1) is 18.5. The number of pyridine rings is 1. The van der Waals surface area contributed by atoms with E-state index in [1.807, 2.05) is 12.1 Å². The number of para-hydroxylation sites is 1. The minimum absolute atomic E-state index is 0.268. The molecule has 6 nitrogen and oxygen atoms in total. The Bertz CT molecular complexity index is 1000. The molecule has 1 aliphatic rings. The number of benzene rings is 2. The van der Waals surface area contributed by atoms with Gasteiger partial charge in [-0.15, -0.1) is 0 Å². The predicted molar refractivity (Wildman–Crippen MR) is 114 cm³/mol. The van der Waals surface area contributed by atoms with Crippen LogP contribution in [0.25, 0.3) is 0 Å². The molecule has 0 aliphatic carbocycles. The normalized spacial score (nSPS) is 13.6. The molecule has 1 aliphatic heterocycles. The minimum Gasteiger partial charge on any atom is -0.368 e. The summed E-state index contributed by atoms with van der Waals surface area (Å²) in [5, 5.41) is 11.6. The van der Waals surface area contributed by atoms with Crippen molar-refractivity contribution in [3.05, 3.63) is 84.2 Å². The van der Waals surface area contributed by atoms with Gasteiger partial charge in [0.15, 0.2) is 0 Å². The summed E-state index contributed by atoms with van der Waals surface area (Å²) in [7, 11) is 0. The topological polar surface area (TPSA) is 72.3 Å². The van der Waals surface area contributed by atoms with E-state index < -0.39 is 0 Å². The molecule has 1 saturated heterocycles. The number of piperazine rings is 1. The number of aromatic nitrogens is 1. The number of anilines is 3. The fourth-order valence-electron chi connectivity index (χ4n) is 3.39. The molecule has 0 atom stereocenters. The van der Waals surface area contributed by atoms with Gasteiger partial charge in [-0.2, -0.15) is 5.26 Å². The van der Waals surface area contributed by atoms with E-state index in [4.69, 9.17) is 5.26 Å². The summed E-state index contributed by atoms with van der Waals surface area (Å²) in [6.45, 7) is 3.72. The summed E-state index contributed by atoms with van der Waals surface area (Å²) in [5.41, 5.74) is 3.82. The number of hydrogen-bond acceptors (Lipinski definition) is 5. The fraction of sp³-hybridized carbons (Fsp3) is 0.174. The van der Waals surface area contributed by atoms with Crippen molar-refractivity contribution in [1.29, 1.82) is 5.26 Å². The summed E-state index contributed by atoms with van der Waals surface area (Å²) in [6, 6.07) is 22.9. The van der Waals surface area contributed by atoms with Crippen LogP contribution < -0.4 is 15.1 Å². The maximum Gasteiger partial charge on any atom is 0.274 e. The first-order valence-corrected chi connectivity index (χ1v) is 9.55. The van der Waals surface area contributed by atoms with Gasteiger partial charge in [0.05, 0.1) is 23.5 Å². The molecule has 0 unspecified atom stereocenters. The fourth-order valence-corrected chi connectivity index (χ4v) is 3.39. The molecule has 1 amide bonds. The second-order valence-electron chi connectivity index (χ2n) is 6.85. The van der Waals surface area contributed by atoms with E-state index in [-0.39, 0.29) is 5.91 Å². The average Bonchev–Trinajstić information content (AvgIpc) is 2.80. The highest BCUT2D eigenvalue weighted by molar-refractivity contribution is 6.02. The molecule has 3 aromatic rings. The molecule has 1 N–H and O–H groups in total.